The monoisotopic (exact) mass is 790 g/mol. The van der Waals surface area contributed by atoms with Gasteiger partial charge in [0.05, 0.1) is 44.8 Å². The smallest absolute Gasteiger partial charge is 0.160 e. The van der Waals surface area contributed by atoms with Crippen LogP contribution in [0.4, 0.5) is 0 Å². The second kappa shape index (κ2) is 14.7. The van der Waals surface area contributed by atoms with Gasteiger partial charge < -0.3 is 9.13 Å². The molecule has 3 aromatic heterocycles. The van der Waals surface area contributed by atoms with Crippen LogP contribution in [0.5, 0.6) is 0 Å². The molecular weight excluding hydrogens is 753 g/mol. The van der Waals surface area contributed by atoms with Crippen LogP contribution in [-0.4, -0.2) is 19.1 Å². The van der Waals surface area contributed by atoms with Crippen LogP contribution in [0.2, 0.25) is 0 Å². The quantitative estimate of drug-likeness (QED) is 0.161. The molecule has 0 saturated heterocycles. The Bertz CT molecular complexity index is 3300. The predicted octanol–water partition coefficient (Wildman–Crippen LogP) is 15.0. The molecule has 4 nitrogen and oxygen atoms in total. The van der Waals surface area contributed by atoms with Gasteiger partial charge in [-0.1, -0.05) is 200 Å². The molecule has 0 spiro atoms. The lowest BCUT2D eigenvalue weighted by Gasteiger charge is -2.21. The lowest BCUT2D eigenvalue weighted by molar-refractivity contribution is 1.14. The summed E-state index contributed by atoms with van der Waals surface area (Å²) in [4.78, 5) is 11.0. The number of fused-ring (bicyclic) bond motifs is 6. The van der Waals surface area contributed by atoms with Crippen molar-refractivity contribution < 1.29 is 0 Å². The number of benzene rings is 9. The molecule has 3 heterocycles. The number of aromatic nitrogens is 4. The lowest BCUT2D eigenvalue weighted by atomic mass is 9.95. The van der Waals surface area contributed by atoms with Crippen LogP contribution < -0.4 is 0 Å². The predicted molar refractivity (Wildman–Crippen MR) is 258 cm³/mol. The van der Waals surface area contributed by atoms with Crippen molar-refractivity contribution in [2.45, 2.75) is 0 Å². The molecule has 9 aromatic carbocycles. The Morgan fingerprint density at radius 3 is 0.935 bits per heavy atom. The molecule has 12 rings (SSSR count). The van der Waals surface area contributed by atoms with Gasteiger partial charge in [-0.15, -0.1) is 0 Å². The fourth-order valence-corrected chi connectivity index (χ4v) is 9.45. The summed E-state index contributed by atoms with van der Waals surface area (Å²) < 4.78 is 4.87. The molecule has 0 aliphatic carbocycles. The van der Waals surface area contributed by atoms with E-state index >= 15 is 0 Å². The maximum atomic E-state index is 5.51. The molecule has 12 aromatic rings. The second-order valence-corrected chi connectivity index (χ2v) is 15.7. The van der Waals surface area contributed by atoms with Crippen LogP contribution in [-0.2, 0) is 0 Å². The Balaban J connectivity index is 1.21. The van der Waals surface area contributed by atoms with Crippen molar-refractivity contribution >= 4 is 43.6 Å². The van der Waals surface area contributed by atoms with Gasteiger partial charge in [0.15, 0.2) is 5.82 Å². The molecule has 0 aliphatic heterocycles. The van der Waals surface area contributed by atoms with Crippen LogP contribution in [0.15, 0.2) is 231 Å². The molecule has 290 valence electrons. The summed E-state index contributed by atoms with van der Waals surface area (Å²) in [6, 6.07) is 82.1. The van der Waals surface area contributed by atoms with Crippen molar-refractivity contribution in [1.82, 2.24) is 19.1 Å². The zero-order valence-electron chi connectivity index (χ0n) is 33.7. The minimum absolute atomic E-state index is 0.662. The van der Waals surface area contributed by atoms with E-state index in [4.69, 9.17) is 9.97 Å². The summed E-state index contributed by atoms with van der Waals surface area (Å²) in [6.07, 6.45) is 0. The average Bonchev–Trinajstić information content (AvgIpc) is 3.87. The molecule has 0 fully saturated rings. The highest BCUT2D eigenvalue weighted by Gasteiger charge is 2.24. The Labute approximate surface area is 359 Å². The Morgan fingerprint density at radius 1 is 0.258 bits per heavy atom. The maximum absolute atomic E-state index is 5.51. The maximum Gasteiger partial charge on any atom is 0.160 e. The van der Waals surface area contributed by atoms with E-state index < -0.39 is 0 Å². The van der Waals surface area contributed by atoms with E-state index in [-0.39, 0.29) is 0 Å². The molecule has 0 radical (unpaired) electrons. The fraction of sp³-hybridized carbons (Fsp3) is 0. The second-order valence-electron chi connectivity index (χ2n) is 15.7. The van der Waals surface area contributed by atoms with Crippen LogP contribution >= 0.6 is 0 Å². The number of para-hydroxylation sites is 6. The highest BCUT2D eigenvalue weighted by Crippen LogP contribution is 2.44. The highest BCUT2D eigenvalue weighted by atomic mass is 15.0. The SMILES string of the molecule is c1ccc(-c2nc(-c3cccc(-c4ccccc4)c3-n3c4ccccc4c4ccccc43)cc(-c3cccc(-c4ccccc4)c3-n3c4ccccc4c4ccccc43)n2)cc1. The summed E-state index contributed by atoms with van der Waals surface area (Å²) >= 11 is 0. The molecule has 0 N–H and O–H groups in total. The van der Waals surface area contributed by atoms with Crippen LogP contribution in [0, 0.1) is 0 Å². The average molecular weight is 791 g/mol. The van der Waals surface area contributed by atoms with Gasteiger partial charge in [0.2, 0.25) is 0 Å². The Morgan fingerprint density at radius 2 is 0.565 bits per heavy atom. The first-order chi connectivity index (χ1) is 30.8. The van der Waals surface area contributed by atoms with Gasteiger partial charge in [-0.2, -0.15) is 0 Å². The summed E-state index contributed by atoms with van der Waals surface area (Å²) in [5.41, 5.74) is 15.8. The molecule has 4 heteroatoms. The Hall–Kier alpha value is -8.34. The van der Waals surface area contributed by atoms with Crippen molar-refractivity contribution in [2.24, 2.45) is 0 Å². The van der Waals surface area contributed by atoms with Gasteiger partial charge >= 0.3 is 0 Å². The van der Waals surface area contributed by atoms with E-state index in [2.05, 4.69) is 234 Å². The van der Waals surface area contributed by atoms with Crippen LogP contribution in [0.1, 0.15) is 0 Å². The van der Waals surface area contributed by atoms with Gasteiger partial charge in [-0.05, 0) is 41.5 Å². The van der Waals surface area contributed by atoms with E-state index in [0.717, 1.165) is 83.8 Å². The highest BCUT2D eigenvalue weighted by molar-refractivity contribution is 6.12. The summed E-state index contributed by atoms with van der Waals surface area (Å²) in [7, 11) is 0. The van der Waals surface area contributed by atoms with Crippen molar-refractivity contribution in [1.29, 1.82) is 0 Å². The number of nitrogens with zero attached hydrogens (tertiary/aromatic N) is 4. The third-order valence-corrected chi connectivity index (χ3v) is 12.2. The normalized spacial score (nSPS) is 11.5. The van der Waals surface area contributed by atoms with Crippen molar-refractivity contribution in [3.63, 3.8) is 0 Å². The minimum atomic E-state index is 0.662. The van der Waals surface area contributed by atoms with E-state index in [1.807, 2.05) is 6.07 Å². The van der Waals surface area contributed by atoms with E-state index in [9.17, 15) is 0 Å². The molecule has 0 amide bonds. The molecule has 0 aliphatic rings. The molecule has 0 bridgehead atoms. The molecular formula is C58H38N4. The zero-order chi connectivity index (χ0) is 41.0. The fourth-order valence-electron chi connectivity index (χ4n) is 9.45. The number of hydrogen-bond acceptors (Lipinski definition) is 2. The summed E-state index contributed by atoms with van der Waals surface area (Å²) in [5.74, 6) is 0.662. The molecule has 0 saturated carbocycles. The molecule has 0 atom stereocenters. The third kappa shape index (κ3) is 5.76. The standard InChI is InChI=1S/C58H38N4/c1-4-20-39(21-5-1)42-30-18-32-48(56(42)61-52-34-14-10-26-44(52)45-27-11-15-35-53(45)61)50-38-51(60-58(59-50)41-24-8-3-9-25-41)49-33-19-31-43(40-22-6-2-7-23-40)57(49)62-54-36-16-12-28-46(54)47-29-13-17-37-55(47)62/h1-38H. The van der Waals surface area contributed by atoms with Crippen molar-refractivity contribution in [3.8, 4) is 67.5 Å². The molecule has 0 unspecified atom stereocenters. The lowest BCUT2D eigenvalue weighted by Crippen LogP contribution is -2.05. The van der Waals surface area contributed by atoms with Crippen molar-refractivity contribution in [2.75, 3.05) is 0 Å². The first kappa shape index (κ1) is 35.6. The largest absolute Gasteiger partial charge is 0.308 e. The molecule has 62 heavy (non-hydrogen) atoms. The van der Waals surface area contributed by atoms with E-state index in [0.29, 0.717) is 5.82 Å². The van der Waals surface area contributed by atoms with Gasteiger partial charge in [0, 0.05) is 49.4 Å². The van der Waals surface area contributed by atoms with Crippen LogP contribution in [0.25, 0.3) is 111 Å². The number of rotatable bonds is 7. The Kier molecular flexibility index (Phi) is 8.46. The van der Waals surface area contributed by atoms with E-state index in [1.165, 1.54) is 21.5 Å². The minimum Gasteiger partial charge on any atom is -0.308 e. The van der Waals surface area contributed by atoms with Crippen molar-refractivity contribution in [3.05, 3.63) is 231 Å². The summed E-state index contributed by atoms with van der Waals surface area (Å²) in [6.45, 7) is 0. The van der Waals surface area contributed by atoms with Gasteiger partial charge in [-0.25, -0.2) is 9.97 Å². The van der Waals surface area contributed by atoms with Gasteiger partial charge in [-0.3, -0.25) is 0 Å². The van der Waals surface area contributed by atoms with Gasteiger partial charge in [0.25, 0.3) is 0 Å². The topological polar surface area (TPSA) is 35.6 Å². The number of hydrogen-bond donors (Lipinski definition) is 0. The van der Waals surface area contributed by atoms with Crippen LogP contribution in [0.3, 0.4) is 0 Å². The zero-order valence-corrected chi connectivity index (χ0v) is 33.7. The first-order valence-corrected chi connectivity index (χ1v) is 21.1. The first-order valence-electron chi connectivity index (χ1n) is 21.1. The van der Waals surface area contributed by atoms with Gasteiger partial charge in [0.1, 0.15) is 0 Å². The third-order valence-electron chi connectivity index (χ3n) is 12.2. The summed E-state index contributed by atoms with van der Waals surface area (Å²) in [5, 5.41) is 4.83. The van der Waals surface area contributed by atoms with E-state index in [1.54, 1.807) is 0 Å².